The van der Waals surface area contributed by atoms with Crippen LogP contribution in [0.4, 0.5) is 0 Å². The minimum absolute atomic E-state index is 0. The number of hydrogen-bond donors (Lipinski definition) is 1. The van der Waals surface area contributed by atoms with Gasteiger partial charge < -0.3 is 6.15 Å². The molecule has 1 atom stereocenters. The molecule has 3 N–H and O–H groups in total. The summed E-state index contributed by atoms with van der Waals surface area (Å²) in [6.07, 6.45) is 7.95. The Bertz CT molecular complexity index is 1270. The summed E-state index contributed by atoms with van der Waals surface area (Å²) in [7, 11) is 0. The first kappa shape index (κ1) is 22.6. The highest BCUT2D eigenvalue weighted by atomic mass is 14.5. The molecule has 0 bridgehead atoms. The van der Waals surface area contributed by atoms with Crippen molar-refractivity contribution in [1.82, 2.24) is 6.15 Å². The maximum absolute atomic E-state index is 2.43. The third-order valence-corrected chi connectivity index (χ3v) is 8.36. The molecule has 2 aliphatic carbocycles. The predicted molar refractivity (Wildman–Crippen MR) is 145 cm³/mol. The summed E-state index contributed by atoms with van der Waals surface area (Å²) >= 11 is 0. The van der Waals surface area contributed by atoms with E-state index in [0.29, 0.717) is 5.92 Å². The molecule has 0 radical (unpaired) electrons. The number of benzene rings is 4. The van der Waals surface area contributed by atoms with Crippen molar-refractivity contribution < 1.29 is 0 Å². The van der Waals surface area contributed by atoms with Gasteiger partial charge in [0.25, 0.3) is 0 Å². The van der Waals surface area contributed by atoms with Crippen molar-refractivity contribution in [2.45, 2.75) is 50.9 Å². The van der Waals surface area contributed by atoms with E-state index in [-0.39, 0.29) is 11.6 Å². The van der Waals surface area contributed by atoms with Crippen molar-refractivity contribution in [2.24, 2.45) is 5.92 Å². The Morgan fingerprint density at radius 2 is 1.21 bits per heavy atom. The number of rotatable bonds is 4. The van der Waals surface area contributed by atoms with Gasteiger partial charge in [0, 0.05) is 5.41 Å². The molecule has 1 nitrogen and oxygen atoms in total. The Labute approximate surface area is 204 Å². The van der Waals surface area contributed by atoms with Crippen LogP contribution in [0.3, 0.4) is 0 Å². The van der Waals surface area contributed by atoms with Gasteiger partial charge in [0.15, 0.2) is 0 Å². The molecule has 4 aromatic carbocycles. The number of hydrogen-bond acceptors (Lipinski definition) is 1. The van der Waals surface area contributed by atoms with Gasteiger partial charge in [-0.15, -0.1) is 0 Å². The van der Waals surface area contributed by atoms with Crippen LogP contribution in [0, 0.1) is 5.92 Å². The normalized spacial score (nSPS) is 19.2. The van der Waals surface area contributed by atoms with E-state index in [1.54, 1.807) is 11.1 Å². The summed E-state index contributed by atoms with van der Waals surface area (Å²) in [5, 5.41) is 0. The first-order valence-corrected chi connectivity index (χ1v) is 12.7. The molecule has 1 unspecified atom stereocenters. The van der Waals surface area contributed by atoms with Crippen molar-refractivity contribution in [2.75, 3.05) is 0 Å². The average Bonchev–Trinajstić information content (AvgIpc) is 3.20. The van der Waals surface area contributed by atoms with E-state index in [0.717, 1.165) is 6.42 Å². The Hall–Kier alpha value is -3.16. The summed E-state index contributed by atoms with van der Waals surface area (Å²) in [5.74, 6) is 0.701. The van der Waals surface area contributed by atoms with Gasteiger partial charge in [-0.05, 0) is 69.7 Å². The molecule has 0 saturated heterocycles. The fourth-order valence-electron chi connectivity index (χ4n) is 6.97. The minimum Gasteiger partial charge on any atom is -0.344 e. The molecule has 0 aliphatic heterocycles. The monoisotopic (exact) mass is 445 g/mol. The predicted octanol–water partition coefficient (Wildman–Crippen LogP) is 9.44. The molecule has 6 rings (SSSR count). The van der Waals surface area contributed by atoms with Crippen LogP contribution in [0.25, 0.3) is 33.4 Å². The standard InChI is InChI=1S/C33H32.H3N/c1-2-33(26-18-10-5-11-19-26)30-21-13-12-20-28(30)29-23-22-27(24-14-6-3-7-15-24)31(32(29)33)25-16-8-4-9-17-25;/h3-4,6-9,12-17,20-23,26H,2,5,10-11,18-19H2,1H3;1H3. The van der Waals surface area contributed by atoms with E-state index in [2.05, 4.69) is 104 Å². The summed E-state index contributed by atoms with van der Waals surface area (Å²) in [5.41, 5.74) is 11.6. The molecule has 34 heavy (non-hydrogen) atoms. The fraction of sp³-hybridized carbons (Fsp3) is 0.273. The van der Waals surface area contributed by atoms with Crippen molar-refractivity contribution in [1.29, 1.82) is 0 Å². The van der Waals surface area contributed by atoms with Gasteiger partial charge >= 0.3 is 0 Å². The zero-order valence-electron chi connectivity index (χ0n) is 20.3. The summed E-state index contributed by atoms with van der Waals surface area (Å²) in [4.78, 5) is 0. The first-order chi connectivity index (χ1) is 16.3. The lowest BCUT2D eigenvalue weighted by molar-refractivity contribution is 0.236. The van der Waals surface area contributed by atoms with Crippen LogP contribution in [0.1, 0.15) is 56.6 Å². The zero-order chi connectivity index (χ0) is 22.3. The Kier molecular flexibility index (Phi) is 6.15. The van der Waals surface area contributed by atoms with Crippen LogP contribution < -0.4 is 6.15 Å². The fourth-order valence-corrected chi connectivity index (χ4v) is 6.97. The molecule has 4 aromatic rings. The van der Waals surface area contributed by atoms with Crippen LogP contribution in [-0.4, -0.2) is 0 Å². The summed E-state index contributed by atoms with van der Waals surface area (Å²) < 4.78 is 0. The second kappa shape index (κ2) is 9.24. The van der Waals surface area contributed by atoms with E-state index in [9.17, 15) is 0 Å². The quantitative estimate of drug-likeness (QED) is 0.333. The van der Waals surface area contributed by atoms with E-state index in [1.165, 1.54) is 65.5 Å². The van der Waals surface area contributed by atoms with Gasteiger partial charge in [-0.3, -0.25) is 0 Å². The van der Waals surface area contributed by atoms with Crippen LogP contribution >= 0.6 is 0 Å². The Morgan fingerprint density at radius 3 is 1.88 bits per heavy atom. The SMILES string of the molecule is CCC1(C2CCCCC2)c2ccccc2-c2ccc(-c3ccccc3)c(-c3ccccc3)c21.N. The van der Waals surface area contributed by atoms with Crippen LogP contribution in [-0.2, 0) is 5.41 Å². The molecule has 1 saturated carbocycles. The minimum atomic E-state index is 0. The third-order valence-electron chi connectivity index (χ3n) is 8.36. The molecular formula is C33H35N. The highest BCUT2D eigenvalue weighted by Crippen LogP contribution is 2.61. The zero-order valence-corrected chi connectivity index (χ0v) is 20.3. The average molecular weight is 446 g/mol. The van der Waals surface area contributed by atoms with E-state index in [4.69, 9.17) is 0 Å². The topological polar surface area (TPSA) is 35.0 Å². The maximum Gasteiger partial charge on any atom is 0.0247 e. The van der Waals surface area contributed by atoms with Crippen molar-refractivity contribution in [3.63, 3.8) is 0 Å². The third kappa shape index (κ3) is 3.34. The lowest BCUT2D eigenvalue weighted by atomic mass is 9.60. The highest BCUT2D eigenvalue weighted by molar-refractivity contribution is 5.96. The van der Waals surface area contributed by atoms with Crippen molar-refractivity contribution in [3.05, 3.63) is 108 Å². The van der Waals surface area contributed by atoms with Crippen LogP contribution in [0.5, 0.6) is 0 Å². The molecular weight excluding hydrogens is 410 g/mol. The lowest BCUT2D eigenvalue weighted by Crippen LogP contribution is -2.36. The van der Waals surface area contributed by atoms with Gasteiger partial charge in [-0.1, -0.05) is 123 Å². The lowest BCUT2D eigenvalue weighted by Gasteiger charge is -2.42. The van der Waals surface area contributed by atoms with Gasteiger partial charge in [0.05, 0.1) is 0 Å². The van der Waals surface area contributed by atoms with Gasteiger partial charge in [0.1, 0.15) is 0 Å². The van der Waals surface area contributed by atoms with E-state index in [1.807, 2.05) is 0 Å². The molecule has 2 aliphatic rings. The first-order valence-electron chi connectivity index (χ1n) is 12.7. The van der Waals surface area contributed by atoms with Gasteiger partial charge in [-0.2, -0.15) is 0 Å². The Morgan fingerprint density at radius 1 is 0.618 bits per heavy atom. The molecule has 1 heteroatoms. The smallest absolute Gasteiger partial charge is 0.0247 e. The second-order valence-electron chi connectivity index (χ2n) is 9.85. The van der Waals surface area contributed by atoms with Crippen LogP contribution in [0.15, 0.2) is 97.1 Å². The molecule has 172 valence electrons. The van der Waals surface area contributed by atoms with Crippen molar-refractivity contribution in [3.8, 4) is 33.4 Å². The molecule has 0 spiro atoms. The van der Waals surface area contributed by atoms with Crippen molar-refractivity contribution >= 4 is 0 Å². The molecule has 1 fully saturated rings. The largest absolute Gasteiger partial charge is 0.344 e. The summed E-state index contributed by atoms with van der Waals surface area (Å²) in [6.45, 7) is 2.43. The summed E-state index contributed by atoms with van der Waals surface area (Å²) in [6, 6.07) is 36.2. The number of fused-ring (bicyclic) bond motifs is 3. The molecule has 0 heterocycles. The maximum atomic E-state index is 2.43. The van der Waals surface area contributed by atoms with E-state index >= 15 is 0 Å². The second-order valence-corrected chi connectivity index (χ2v) is 9.85. The molecule has 0 aromatic heterocycles. The molecule has 0 amide bonds. The highest BCUT2D eigenvalue weighted by Gasteiger charge is 2.49. The van der Waals surface area contributed by atoms with Gasteiger partial charge in [-0.25, -0.2) is 0 Å². The van der Waals surface area contributed by atoms with E-state index < -0.39 is 0 Å². The Balaban J connectivity index is 0.00000241. The van der Waals surface area contributed by atoms with Crippen LogP contribution in [0.2, 0.25) is 0 Å². The van der Waals surface area contributed by atoms with Gasteiger partial charge in [0.2, 0.25) is 0 Å².